The quantitative estimate of drug-likeness (QED) is 0.286. The fourth-order valence-electron chi connectivity index (χ4n) is 4.05. The minimum absolute atomic E-state index is 0.00124. The topological polar surface area (TPSA) is 159 Å². The van der Waals surface area contributed by atoms with Crippen LogP contribution < -0.4 is 10.6 Å². The number of hydrogen-bond donors (Lipinski definition) is 4. The average Bonchev–Trinajstić information content (AvgIpc) is 3.53. The molecule has 0 saturated heterocycles. The van der Waals surface area contributed by atoms with Crippen LogP contribution in [0.1, 0.15) is 36.8 Å². The molecule has 10 nitrogen and oxygen atoms in total. The maximum atomic E-state index is 13.1. The number of fused-ring (bicyclic) bond motifs is 1. The lowest BCUT2D eigenvalue weighted by atomic mass is 10.0. The van der Waals surface area contributed by atoms with Crippen molar-refractivity contribution in [3.05, 3.63) is 66.1 Å². The lowest BCUT2D eigenvalue weighted by Gasteiger charge is -2.25. The first-order valence-electron chi connectivity index (χ1n) is 11.8. The Morgan fingerprint density at radius 3 is 2.42 bits per heavy atom. The van der Waals surface area contributed by atoms with Gasteiger partial charge < -0.3 is 25.3 Å². The van der Waals surface area contributed by atoms with E-state index >= 15 is 0 Å². The van der Waals surface area contributed by atoms with Crippen molar-refractivity contribution in [2.45, 2.75) is 43.9 Å². The summed E-state index contributed by atoms with van der Waals surface area (Å²) < 4.78 is 30.8. The molecule has 1 aliphatic rings. The molecule has 11 heteroatoms. The summed E-state index contributed by atoms with van der Waals surface area (Å²) in [5, 5.41) is 25.0. The Bertz CT molecular complexity index is 1270. The molecule has 3 atom stereocenters. The van der Waals surface area contributed by atoms with Gasteiger partial charge in [0.1, 0.15) is 11.6 Å². The zero-order valence-electron chi connectivity index (χ0n) is 19.5. The third-order valence-electron chi connectivity index (χ3n) is 6.08. The summed E-state index contributed by atoms with van der Waals surface area (Å²) in [5.41, 5.74) is 1.97. The van der Waals surface area contributed by atoms with Gasteiger partial charge in [-0.2, -0.15) is 0 Å². The molecule has 0 aliphatic heterocycles. The Balaban J connectivity index is 1.54. The van der Waals surface area contributed by atoms with E-state index in [0.717, 1.165) is 18.4 Å². The van der Waals surface area contributed by atoms with Crippen LogP contribution in [0.3, 0.4) is 0 Å². The summed E-state index contributed by atoms with van der Waals surface area (Å²) in [6, 6.07) is 14.0. The molecule has 1 fully saturated rings. The summed E-state index contributed by atoms with van der Waals surface area (Å²) in [5.74, 6) is -1.53. The fourth-order valence-corrected chi connectivity index (χ4v) is 5.98. The molecule has 2 aromatic carbocycles. The molecule has 2 amide bonds. The molecular formula is C25H29N3O7S. The second kappa shape index (κ2) is 11.1. The third kappa shape index (κ3) is 7.05. The summed E-state index contributed by atoms with van der Waals surface area (Å²) in [4.78, 5) is 28.8. The highest BCUT2D eigenvalue weighted by Crippen LogP contribution is 2.30. The zero-order valence-corrected chi connectivity index (χ0v) is 20.4. The van der Waals surface area contributed by atoms with Crippen LogP contribution in [0.4, 0.5) is 4.79 Å². The van der Waals surface area contributed by atoms with Crippen molar-refractivity contribution in [1.82, 2.24) is 15.6 Å². The van der Waals surface area contributed by atoms with Crippen LogP contribution in [0.2, 0.25) is 0 Å². The lowest BCUT2D eigenvalue weighted by molar-refractivity contribution is -0.124. The van der Waals surface area contributed by atoms with Crippen LogP contribution in [0, 0.1) is 5.92 Å². The maximum Gasteiger partial charge on any atom is 0.405 e. The Kier molecular flexibility index (Phi) is 7.90. The van der Waals surface area contributed by atoms with Gasteiger partial charge in [-0.05, 0) is 49.3 Å². The predicted molar refractivity (Wildman–Crippen MR) is 132 cm³/mol. The molecular weight excluding hydrogens is 486 g/mol. The largest absolute Gasteiger partial charge is 0.465 e. The molecule has 0 radical (unpaired) electrons. The number of aromatic nitrogens is 1. The van der Waals surface area contributed by atoms with Gasteiger partial charge in [0.25, 0.3) is 0 Å². The third-order valence-corrected chi connectivity index (χ3v) is 7.90. The first-order chi connectivity index (χ1) is 17.2. The highest BCUT2D eigenvalue weighted by molar-refractivity contribution is 7.91. The lowest BCUT2D eigenvalue weighted by Crippen LogP contribution is -2.53. The molecule has 0 bridgehead atoms. The fraction of sp³-hybridized carbons (Fsp3) is 0.400. The second-order valence-corrected chi connectivity index (χ2v) is 11.3. The molecule has 1 aliphatic carbocycles. The highest BCUT2D eigenvalue weighted by Gasteiger charge is 2.35. The summed E-state index contributed by atoms with van der Waals surface area (Å²) in [6.07, 6.45) is -0.498. The van der Waals surface area contributed by atoms with Crippen molar-refractivity contribution in [2.75, 3.05) is 11.5 Å². The number of aliphatic hydroxyl groups excluding tert-OH is 1. The van der Waals surface area contributed by atoms with E-state index in [2.05, 4.69) is 10.3 Å². The Morgan fingerprint density at radius 2 is 1.75 bits per heavy atom. The van der Waals surface area contributed by atoms with E-state index in [9.17, 15) is 28.2 Å². The van der Waals surface area contributed by atoms with Gasteiger partial charge in [-0.1, -0.05) is 42.5 Å². The normalized spacial score (nSPS) is 16.2. The van der Waals surface area contributed by atoms with Gasteiger partial charge in [0.15, 0.2) is 21.5 Å². The molecule has 3 aromatic rings. The number of carbonyl (C=O) groups is 2. The van der Waals surface area contributed by atoms with Crippen molar-refractivity contribution in [3.8, 4) is 0 Å². The van der Waals surface area contributed by atoms with Crippen molar-refractivity contribution in [1.29, 1.82) is 0 Å². The number of amides is 2. The molecule has 1 aromatic heterocycles. The minimum atomic E-state index is -3.67. The van der Waals surface area contributed by atoms with Crippen molar-refractivity contribution >= 4 is 32.9 Å². The van der Waals surface area contributed by atoms with Crippen molar-refractivity contribution < 1.29 is 32.6 Å². The first-order valence-corrected chi connectivity index (χ1v) is 13.6. The standard InChI is InChI=1S/C25H29N3O7S/c29-22(24-27-18-8-4-5-9-21(18)35-24)19(13-12-16-6-2-1-3-7-16)26-23(30)20(28-25(31)32)15-36(33,34)14-17-10-11-17/h1-9,17,19-20,22,28-29H,10-15H2,(H,26,30)(H,31,32)/t19-,20-,22?/m0/s1. The number of sulfone groups is 1. The molecule has 1 heterocycles. The molecule has 192 valence electrons. The minimum Gasteiger partial charge on any atom is -0.465 e. The van der Waals surface area contributed by atoms with Crippen molar-refractivity contribution in [3.63, 3.8) is 0 Å². The van der Waals surface area contributed by atoms with Gasteiger partial charge >= 0.3 is 6.09 Å². The number of hydrogen-bond acceptors (Lipinski definition) is 7. The van der Waals surface area contributed by atoms with E-state index in [1.54, 1.807) is 24.3 Å². The van der Waals surface area contributed by atoms with Gasteiger partial charge in [-0.25, -0.2) is 18.2 Å². The smallest absolute Gasteiger partial charge is 0.405 e. The summed E-state index contributed by atoms with van der Waals surface area (Å²) in [6.45, 7) is 0. The van der Waals surface area contributed by atoms with E-state index in [1.165, 1.54) is 0 Å². The number of para-hydroxylation sites is 2. The molecule has 1 unspecified atom stereocenters. The van der Waals surface area contributed by atoms with Crippen LogP contribution in [0.15, 0.2) is 59.0 Å². The summed E-state index contributed by atoms with van der Waals surface area (Å²) in [7, 11) is -3.67. The number of benzene rings is 2. The molecule has 1 saturated carbocycles. The number of nitrogens with zero attached hydrogens (tertiary/aromatic N) is 1. The molecule has 36 heavy (non-hydrogen) atoms. The average molecular weight is 516 g/mol. The number of nitrogens with one attached hydrogen (secondary N) is 2. The number of oxazole rings is 1. The van der Waals surface area contributed by atoms with E-state index < -0.39 is 45.8 Å². The van der Waals surface area contributed by atoms with Crippen LogP contribution >= 0.6 is 0 Å². The van der Waals surface area contributed by atoms with Crippen molar-refractivity contribution in [2.24, 2.45) is 5.92 Å². The number of carboxylic acid groups (broad SMARTS) is 1. The van der Waals surface area contributed by atoms with Crippen LogP contribution in [0.25, 0.3) is 11.1 Å². The van der Waals surface area contributed by atoms with E-state index in [-0.39, 0.29) is 24.0 Å². The Labute approximate surface area is 208 Å². The Hall–Kier alpha value is -3.44. The van der Waals surface area contributed by atoms with Gasteiger partial charge in [-0.15, -0.1) is 0 Å². The van der Waals surface area contributed by atoms with Crippen LogP contribution in [-0.4, -0.2) is 59.2 Å². The number of aryl methyl sites for hydroxylation is 1. The number of carbonyl (C=O) groups excluding carboxylic acids is 1. The van der Waals surface area contributed by atoms with Gasteiger partial charge in [-0.3, -0.25) is 4.79 Å². The SMILES string of the molecule is O=C(O)N[C@@H](CS(=O)(=O)CC1CC1)C(=O)N[C@@H](CCc1ccccc1)C(O)c1nc2ccccc2o1. The van der Waals surface area contributed by atoms with E-state index in [4.69, 9.17) is 4.42 Å². The van der Waals surface area contributed by atoms with Gasteiger partial charge in [0.05, 0.1) is 17.5 Å². The molecule has 4 N–H and O–H groups in total. The number of aliphatic hydroxyl groups is 1. The van der Waals surface area contributed by atoms with Crippen LogP contribution in [0.5, 0.6) is 0 Å². The van der Waals surface area contributed by atoms with Gasteiger partial charge in [0.2, 0.25) is 11.8 Å². The van der Waals surface area contributed by atoms with Gasteiger partial charge in [0, 0.05) is 0 Å². The zero-order chi connectivity index (χ0) is 25.7. The maximum absolute atomic E-state index is 13.1. The summed E-state index contributed by atoms with van der Waals surface area (Å²) >= 11 is 0. The predicted octanol–water partition coefficient (Wildman–Crippen LogP) is 2.44. The number of rotatable bonds is 12. The molecule has 4 rings (SSSR count). The second-order valence-electron chi connectivity index (χ2n) is 9.13. The monoisotopic (exact) mass is 515 g/mol. The van der Waals surface area contributed by atoms with E-state index in [0.29, 0.717) is 17.5 Å². The first kappa shape index (κ1) is 25.6. The Morgan fingerprint density at radius 1 is 1.06 bits per heavy atom. The van der Waals surface area contributed by atoms with Crippen LogP contribution in [-0.2, 0) is 21.1 Å². The van der Waals surface area contributed by atoms with E-state index in [1.807, 2.05) is 35.6 Å². The molecule has 0 spiro atoms. The highest BCUT2D eigenvalue weighted by atomic mass is 32.2.